The molecule has 0 radical (unpaired) electrons. The van der Waals surface area contributed by atoms with Crippen molar-refractivity contribution in [2.45, 2.75) is 12.5 Å². The lowest BCUT2D eigenvalue weighted by Gasteiger charge is -2.28. The summed E-state index contributed by atoms with van der Waals surface area (Å²) in [5.41, 5.74) is 0.488. The largest absolute Gasteiger partial charge is 0.383 e. The second-order valence-corrected chi connectivity index (χ2v) is 6.32. The highest BCUT2D eigenvalue weighted by molar-refractivity contribution is 9.10. The third-order valence-electron chi connectivity index (χ3n) is 3.08. The number of amides is 1. The summed E-state index contributed by atoms with van der Waals surface area (Å²) in [6.45, 7) is 1.18. The lowest BCUT2D eigenvalue weighted by molar-refractivity contribution is 0.0618. The van der Waals surface area contributed by atoms with Crippen LogP contribution in [0.2, 0.25) is 0 Å². The highest BCUT2D eigenvalue weighted by Gasteiger charge is 2.28. The summed E-state index contributed by atoms with van der Waals surface area (Å²) in [4.78, 5) is 18.7. The van der Waals surface area contributed by atoms with Crippen LogP contribution in [-0.2, 0) is 4.74 Å². The molecule has 1 unspecified atom stereocenters. The Balaban J connectivity index is 2.14. The van der Waals surface area contributed by atoms with Gasteiger partial charge in [0, 0.05) is 25.4 Å². The summed E-state index contributed by atoms with van der Waals surface area (Å²) in [5, 5.41) is 0. The first-order valence-electron chi connectivity index (χ1n) is 6.22. The maximum absolute atomic E-state index is 12.6. The number of ether oxygens (including phenoxy) is 1. The van der Waals surface area contributed by atoms with Crippen LogP contribution < -0.4 is 0 Å². The molecular formula is C13H17BrN2O2S. The van der Waals surface area contributed by atoms with E-state index in [0.29, 0.717) is 29.5 Å². The standard InChI is InChI=1S/C13H17BrN2O2S/c1-18-7-6-16(10-5-8-19-9-10)13(17)11-3-2-4-12(14)15-11/h2-4,10H,5-9H2,1H3. The summed E-state index contributed by atoms with van der Waals surface area (Å²) in [6.07, 6.45) is 1.05. The number of carbonyl (C=O) groups excluding carboxylic acids is 1. The zero-order valence-corrected chi connectivity index (χ0v) is 13.2. The van der Waals surface area contributed by atoms with Gasteiger partial charge in [0.1, 0.15) is 10.3 Å². The van der Waals surface area contributed by atoms with Crippen molar-refractivity contribution in [2.24, 2.45) is 0 Å². The molecule has 4 nitrogen and oxygen atoms in total. The van der Waals surface area contributed by atoms with Gasteiger partial charge in [0.25, 0.3) is 5.91 Å². The van der Waals surface area contributed by atoms with Gasteiger partial charge in [-0.15, -0.1) is 0 Å². The average Bonchev–Trinajstić information content (AvgIpc) is 2.93. The molecule has 0 N–H and O–H groups in total. The molecule has 1 fully saturated rings. The molecule has 2 heterocycles. The molecule has 0 saturated carbocycles. The smallest absolute Gasteiger partial charge is 0.272 e. The molecule has 1 aliphatic heterocycles. The van der Waals surface area contributed by atoms with Crippen molar-refractivity contribution in [3.8, 4) is 0 Å². The van der Waals surface area contributed by atoms with E-state index >= 15 is 0 Å². The first-order valence-corrected chi connectivity index (χ1v) is 8.17. The number of hydrogen-bond donors (Lipinski definition) is 0. The molecule has 104 valence electrons. The van der Waals surface area contributed by atoms with Crippen LogP contribution in [0.3, 0.4) is 0 Å². The van der Waals surface area contributed by atoms with E-state index in [9.17, 15) is 4.79 Å². The van der Waals surface area contributed by atoms with Crippen LogP contribution in [0.5, 0.6) is 0 Å². The zero-order chi connectivity index (χ0) is 13.7. The lowest BCUT2D eigenvalue weighted by atomic mass is 10.2. The third kappa shape index (κ3) is 3.94. The minimum Gasteiger partial charge on any atom is -0.383 e. The third-order valence-corrected chi connectivity index (χ3v) is 4.66. The number of nitrogens with zero attached hydrogens (tertiary/aromatic N) is 2. The Hall–Kier alpha value is -0.590. The van der Waals surface area contributed by atoms with E-state index in [-0.39, 0.29) is 5.91 Å². The molecule has 1 aromatic rings. The summed E-state index contributed by atoms with van der Waals surface area (Å²) >= 11 is 5.20. The quantitative estimate of drug-likeness (QED) is 0.769. The van der Waals surface area contributed by atoms with Crippen molar-refractivity contribution >= 4 is 33.6 Å². The number of thioether (sulfide) groups is 1. The number of methoxy groups -OCH3 is 1. The van der Waals surface area contributed by atoms with Crippen LogP contribution in [0, 0.1) is 0 Å². The maximum Gasteiger partial charge on any atom is 0.272 e. The van der Waals surface area contributed by atoms with Gasteiger partial charge in [0.2, 0.25) is 0 Å². The Morgan fingerprint density at radius 3 is 3.11 bits per heavy atom. The summed E-state index contributed by atoms with van der Waals surface area (Å²) in [6, 6.07) is 5.72. The van der Waals surface area contributed by atoms with Crippen molar-refractivity contribution in [1.29, 1.82) is 0 Å². The zero-order valence-electron chi connectivity index (χ0n) is 10.8. The van der Waals surface area contributed by atoms with Gasteiger partial charge >= 0.3 is 0 Å². The second-order valence-electron chi connectivity index (χ2n) is 4.35. The fourth-order valence-electron chi connectivity index (χ4n) is 2.08. The van der Waals surface area contributed by atoms with Crippen LogP contribution in [0.15, 0.2) is 22.8 Å². The Morgan fingerprint density at radius 1 is 1.63 bits per heavy atom. The van der Waals surface area contributed by atoms with E-state index in [1.54, 1.807) is 13.2 Å². The molecular weight excluding hydrogens is 328 g/mol. The highest BCUT2D eigenvalue weighted by atomic mass is 79.9. The van der Waals surface area contributed by atoms with Crippen LogP contribution in [0.4, 0.5) is 0 Å². The molecule has 0 spiro atoms. The molecule has 1 atom stereocenters. The van der Waals surface area contributed by atoms with Gasteiger partial charge in [-0.2, -0.15) is 11.8 Å². The van der Waals surface area contributed by atoms with E-state index in [0.717, 1.165) is 17.9 Å². The topological polar surface area (TPSA) is 42.4 Å². The monoisotopic (exact) mass is 344 g/mol. The number of hydrogen-bond acceptors (Lipinski definition) is 4. The average molecular weight is 345 g/mol. The van der Waals surface area contributed by atoms with Gasteiger partial charge in [0.05, 0.1) is 6.61 Å². The van der Waals surface area contributed by atoms with Gasteiger partial charge in [-0.1, -0.05) is 6.07 Å². The Kier molecular flexibility index (Phi) is 5.66. The van der Waals surface area contributed by atoms with Gasteiger partial charge in [-0.05, 0) is 40.2 Å². The molecule has 2 rings (SSSR count). The number of aromatic nitrogens is 1. The number of rotatable bonds is 5. The van der Waals surface area contributed by atoms with Gasteiger partial charge in [0.15, 0.2) is 0 Å². The molecule has 6 heteroatoms. The minimum atomic E-state index is -0.00847. The van der Waals surface area contributed by atoms with E-state index in [1.807, 2.05) is 28.8 Å². The van der Waals surface area contributed by atoms with Crippen LogP contribution in [0.1, 0.15) is 16.9 Å². The van der Waals surface area contributed by atoms with Crippen LogP contribution >= 0.6 is 27.7 Å². The van der Waals surface area contributed by atoms with Crippen molar-refractivity contribution in [3.63, 3.8) is 0 Å². The summed E-state index contributed by atoms with van der Waals surface area (Å²) in [5.74, 6) is 2.11. The summed E-state index contributed by atoms with van der Waals surface area (Å²) < 4.78 is 5.80. The van der Waals surface area contributed by atoms with E-state index in [1.165, 1.54) is 0 Å². The Labute approximate surface area is 126 Å². The predicted octanol–water partition coefficient (Wildman–Crippen LogP) is 2.44. The first-order chi connectivity index (χ1) is 9.22. The summed E-state index contributed by atoms with van der Waals surface area (Å²) in [7, 11) is 1.66. The Morgan fingerprint density at radius 2 is 2.47 bits per heavy atom. The van der Waals surface area contributed by atoms with E-state index in [2.05, 4.69) is 20.9 Å². The van der Waals surface area contributed by atoms with E-state index in [4.69, 9.17) is 4.74 Å². The fourth-order valence-corrected chi connectivity index (χ4v) is 3.65. The highest BCUT2D eigenvalue weighted by Crippen LogP contribution is 2.23. The number of carbonyl (C=O) groups is 1. The first kappa shape index (κ1) is 14.8. The van der Waals surface area contributed by atoms with Gasteiger partial charge < -0.3 is 9.64 Å². The van der Waals surface area contributed by atoms with E-state index < -0.39 is 0 Å². The van der Waals surface area contributed by atoms with Crippen LogP contribution in [0.25, 0.3) is 0 Å². The van der Waals surface area contributed by atoms with Crippen LogP contribution in [-0.4, -0.2) is 53.6 Å². The Bertz CT molecular complexity index is 438. The molecule has 19 heavy (non-hydrogen) atoms. The van der Waals surface area contributed by atoms with Gasteiger partial charge in [-0.3, -0.25) is 4.79 Å². The molecule has 1 amide bonds. The minimum absolute atomic E-state index is 0.00847. The molecule has 1 saturated heterocycles. The predicted molar refractivity (Wildman–Crippen MR) is 80.6 cm³/mol. The maximum atomic E-state index is 12.6. The SMILES string of the molecule is COCCN(C(=O)c1cccc(Br)n1)C1CCSC1. The molecule has 0 aliphatic carbocycles. The van der Waals surface area contributed by atoms with Crippen molar-refractivity contribution in [3.05, 3.63) is 28.5 Å². The fraction of sp³-hybridized carbons (Fsp3) is 0.538. The second kappa shape index (κ2) is 7.26. The molecule has 1 aliphatic rings. The number of halogens is 1. The van der Waals surface area contributed by atoms with Gasteiger partial charge in [-0.25, -0.2) is 4.98 Å². The lowest BCUT2D eigenvalue weighted by Crippen LogP contribution is -2.42. The number of pyridine rings is 1. The van der Waals surface area contributed by atoms with Crippen molar-refractivity contribution in [1.82, 2.24) is 9.88 Å². The van der Waals surface area contributed by atoms with Crippen molar-refractivity contribution < 1.29 is 9.53 Å². The molecule has 1 aromatic heterocycles. The molecule has 0 bridgehead atoms. The normalized spacial score (nSPS) is 18.5. The van der Waals surface area contributed by atoms with Crippen molar-refractivity contribution in [2.75, 3.05) is 31.8 Å². The molecule has 0 aromatic carbocycles.